The Morgan fingerprint density at radius 1 is 0.765 bits per heavy atom. The van der Waals surface area contributed by atoms with Gasteiger partial charge in [-0.3, -0.25) is 19.8 Å². The summed E-state index contributed by atoms with van der Waals surface area (Å²) in [4.78, 5) is 38.5. The fraction of sp³-hybridized carbons (Fsp3) is 0.115. The van der Waals surface area contributed by atoms with Gasteiger partial charge < -0.3 is 10.6 Å². The van der Waals surface area contributed by atoms with Crippen molar-refractivity contribution in [3.63, 3.8) is 0 Å². The zero-order valence-electron chi connectivity index (χ0n) is 18.9. The second-order valence-electron chi connectivity index (χ2n) is 8.09. The van der Waals surface area contributed by atoms with E-state index < -0.39 is 17.7 Å². The van der Waals surface area contributed by atoms with Gasteiger partial charge in [0.05, 0.1) is 5.52 Å². The minimum absolute atomic E-state index is 0.182. The third kappa shape index (κ3) is 5.02. The summed E-state index contributed by atoms with van der Waals surface area (Å²) >= 11 is 3.43. The number of halogens is 1. The number of nitrogens with zero attached hydrogens (tertiary/aromatic N) is 1. The van der Waals surface area contributed by atoms with Crippen molar-refractivity contribution in [1.29, 1.82) is 0 Å². The average Bonchev–Trinajstić information content (AvgIpc) is 3.13. The number of carbonyl (C=O) groups is 3. The number of hydrogen-bond donors (Lipinski definition) is 3. The van der Waals surface area contributed by atoms with E-state index in [0.717, 1.165) is 26.5 Å². The van der Waals surface area contributed by atoms with E-state index in [-0.39, 0.29) is 5.69 Å². The zero-order valence-corrected chi connectivity index (χ0v) is 20.5. The Balaban J connectivity index is 1.62. The summed E-state index contributed by atoms with van der Waals surface area (Å²) in [5.41, 5.74) is 7.54. The Labute approximate surface area is 205 Å². The number of aromatic nitrogens is 1. The molecule has 0 atom stereocenters. The lowest BCUT2D eigenvalue weighted by Gasteiger charge is -2.13. The molecule has 1 aromatic heterocycles. The SMILES string of the molecule is Cc1cccc(NC(=O)c2cc3cc(Br)ccc3n2NC(=O)C(=O)Nc2ccc(C)c(C)c2)c1. The molecule has 4 rings (SSSR count). The molecule has 8 heteroatoms. The van der Waals surface area contributed by atoms with E-state index in [1.807, 2.05) is 51.1 Å². The van der Waals surface area contributed by atoms with E-state index in [9.17, 15) is 14.4 Å². The first-order valence-corrected chi connectivity index (χ1v) is 11.4. The van der Waals surface area contributed by atoms with E-state index in [4.69, 9.17) is 0 Å². The second kappa shape index (κ2) is 9.52. The molecule has 0 saturated carbocycles. The number of hydrogen-bond acceptors (Lipinski definition) is 3. The summed E-state index contributed by atoms with van der Waals surface area (Å²) in [5, 5.41) is 6.17. The molecule has 0 aliphatic carbocycles. The third-order valence-corrected chi connectivity index (χ3v) is 5.95. The van der Waals surface area contributed by atoms with Crippen LogP contribution in [-0.4, -0.2) is 22.4 Å². The van der Waals surface area contributed by atoms with Gasteiger partial charge in [-0.2, -0.15) is 0 Å². The van der Waals surface area contributed by atoms with Crippen molar-refractivity contribution in [3.8, 4) is 0 Å². The van der Waals surface area contributed by atoms with Crippen LogP contribution in [0.1, 0.15) is 27.2 Å². The maximum absolute atomic E-state index is 13.1. The number of fused-ring (bicyclic) bond motifs is 1. The van der Waals surface area contributed by atoms with Gasteiger partial charge in [-0.15, -0.1) is 0 Å². The Hall–Kier alpha value is -3.91. The van der Waals surface area contributed by atoms with Gasteiger partial charge in [-0.1, -0.05) is 34.1 Å². The Bertz CT molecular complexity index is 1440. The van der Waals surface area contributed by atoms with Crippen molar-refractivity contribution in [2.75, 3.05) is 16.1 Å². The largest absolute Gasteiger partial charge is 0.328 e. The van der Waals surface area contributed by atoms with E-state index in [1.54, 1.807) is 36.4 Å². The predicted octanol–water partition coefficient (Wildman–Crippen LogP) is 5.29. The normalized spacial score (nSPS) is 10.7. The van der Waals surface area contributed by atoms with E-state index >= 15 is 0 Å². The van der Waals surface area contributed by atoms with E-state index in [1.165, 1.54) is 4.68 Å². The molecule has 0 spiro atoms. The fourth-order valence-corrected chi connectivity index (χ4v) is 3.93. The molecule has 1 heterocycles. The molecule has 4 aromatic rings. The van der Waals surface area contributed by atoms with Gasteiger partial charge in [-0.25, -0.2) is 4.68 Å². The summed E-state index contributed by atoms with van der Waals surface area (Å²) in [6, 6.07) is 19.8. The first-order chi connectivity index (χ1) is 16.2. The van der Waals surface area contributed by atoms with Gasteiger partial charge in [0.1, 0.15) is 5.69 Å². The predicted molar refractivity (Wildman–Crippen MR) is 138 cm³/mol. The van der Waals surface area contributed by atoms with Crippen molar-refractivity contribution >= 4 is 55.9 Å². The average molecular weight is 519 g/mol. The van der Waals surface area contributed by atoms with E-state index in [0.29, 0.717) is 16.9 Å². The van der Waals surface area contributed by atoms with Crippen LogP contribution in [0.2, 0.25) is 0 Å². The first-order valence-electron chi connectivity index (χ1n) is 10.6. The van der Waals surface area contributed by atoms with Crippen LogP contribution in [0.3, 0.4) is 0 Å². The van der Waals surface area contributed by atoms with Crippen molar-refractivity contribution in [3.05, 3.63) is 93.6 Å². The van der Waals surface area contributed by atoms with Crippen molar-refractivity contribution in [2.24, 2.45) is 0 Å². The molecule has 0 aliphatic heterocycles. The summed E-state index contributed by atoms with van der Waals surface area (Å²) in [7, 11) is 0. The summed E-state index contributed by atoms with van der Waals surface area (Å²) in [6.07, 6.45) is 0. The van der Waals surface area contributed by atoms with Gasteiger partial charge in [0.2, 0.25) is 0 Å². The molecular formula is C26H23BrN4O3. The quantitative estimate of drug-likeness (QED) is 0.320. The highest BCUT2D eigenvalue weighted by atomic mass is 79.9. The van der Waals surface area contributed by atoms with Gasteiger partial charge in [0.15, 0.2) is 0 Å². The van der Waals surface area contributed by atoms with Gasteiger partial charge in [0.25, 0.3) is 5.91 Å². The standard InChI is InChI=1S/C26H23BrN4O3/c1-15-5-4-6-20(11-15)28-24(32)23-14-18-13-19(27)8-10-22(18)31(23)30-26(34)25(33)29-21-9-7-16(2)17(3)12-21/h4-14H,1-3H3,(H,28,32)(H,29,33)(H,30,34). The van der Waals surface area contributed by atoms with Crippen molar-refractivity contribution < 1.29 is 14.4 Å². The Morgan fingerprint density at radius 3 is 2.26 bits per heavy atom. The molecule has 3 aromatic carbocycles. The number of rotatable bonds is 4. The van der Waals surface area contributed by atoms with Gasteiger partial charge in [-0.05, 0) is 86.0 Å². The smallest absolute Gasteiger partial charge is 0.321 e. The maximum Gasteiger partial charge on any atom is 0.328 e. The van der Waals surface area contributed by atoms with Crippen molar-refractivity contribution in [1.82, 2.24) is 4.68 Å². The first kappa shape index (κ1) is 23.3. The second-order valence-corrected chi connectivity index (χ2v) is 9.00. The highest BCUT2D eigenvalue weighted by molar-refractivity contribution is 9.10. The fourth-order valence-electron chi connectivity index (χ4n) is 3.55. The minimum atomic E-state index is -0.900. The molecule has 3 N–H and O–H groups in total. The number of nitrogens with one attached hydrogen (secondary N) is 3. The molecule has 0 radical (unpaired) electrons. The van der Waals surface area contributed by atoms with Crippen LogP contribution in [0.4, 0.5) is 11.4 Å². The lowest BCUT2D eigenvalue weighted by atomic mass is 10.1. The topological polar surface area (TPSA) is 92.2 Å². The van der Waals surface area contributed by atoms with Crippen LogP contribution < -0.4 is 16.1 Å². The van der Waals surface area contributed by atoms with Crippen LogP contribution in [0.5, 0.6) is 0 Å². The highest BCUT2D eigenvalue weighted by Crippen LogP contribution is 2.24. The molecule has 0 aliphatic rings. The molecule has 0 bridgehead atoms. The molecule has 7 nitrogen and oxygen atoms in total. The van der Waals surface area contributed by atoms with Gasteiger partial charge in [0, 0.05) is 21.2 Å². The van der Waals surface area contributed by atoms with Crippen molar-refractivity contribution in [2.45, 2.75) is 20.8 Å². The number of anilines is 2. The number of benzene rings is 3. The Morgan fingerprint density at radius 2 is 1.53 bits per heavy atom. The number of amides is 3. The minimum Gasteiger partial charge on any atom is -0.321 e. The molecular weight excluding hydrogens is 496 g/mol. The molecule has 3 amide bonds. The molecule has 0 saturated heterocycles. The monoisotopic (exact) mass is 518 g/mol. The summed E-state index contributed by atoms with van der Waals surface area (Å²) < 4.78 is 2.15. The third-order valence-electron chi connectivity index (χ3n) is 5.46. The summed E-state index contributed by atoms with van der Waals surface area (Å²) in [6.45, 7) is 5.82. The van der Waals surface area contributed by atoms with Gasteiger partial charge >= 0.3 is 11.8 Å². The number of aryl methyl sites for hydroxylation is 3. The number of carbonyl (C=O) groups excluding carboxylic acids is 3. The van der Waals surface area contributed by atoms with Crippen LogP contribution in [0, 0.1) is 20.8 Å². The summed E-state index contributed by atoms with van der Waals surface area (Å²) in [5.74, 6) is -2.16. The molecule has 0 fully saturated rings. The molecule has 34 heavy (non-hydrogen) atoms. The van der Waals surface area contributed by atoms with E-state index in [2.05, 4.69) is 32.0 Å². The highest BCUT2D eigenvalue weighted by Gasteiger charge is 2.21. The maximum atomic E-state index is 13.1. The lowest BCUT2D eigenvalue weighted by Crippen LogP contribution is -2.36. The zero-order chi connectivity index (χ0) is 24.4. The lowest BCUT2D eigenvalue weighted by molar-refractivity contribution is -0.133. The molecule has 172 valence electrons. The van der Waals surface area contributed by atoms with Crippen LogP contribution in [0.15, 0.2) is 71.2 Å². The molecule has 0 unspecified atom stereocenters. The Kier molecular flexibility index (Phi) is 6.51. The van der Waals surface area contributed by atoms with Crippen LogP contribution in [0.25, 0.3) is 10.9 Å². The van der Waals surface area contributed by atoms with Crippen LogP contribution in [-0.2, 0) is 9.59 Å². The van der Waals surface area contributed by atoms with Crippen LogP contribution >= 0.6 is 15.9 Å².